The zero-order valence-corrected chi connectivity index (χ0v) is 15.9. The third-order valence-electron chi connectivity index (χ3n) is 3.62. The molecule has 25 heavy (non-hydrogen) atoms. The number of hydrogen-bond donors (Lipinski definition) is 2. The fraction of sp³-hybridized carbons (Fsp3) is 0.562. The van der Waals surface area contributed by atoms with Crippen molar-refractivity contribution in [1.82, 2.24) is 15.5 Å². The molecule has 144 valence electrons. The third-order valence-corrected chi connectivity index (χ3v) is 3.62. The molecule has 1 atom stereocenters. The van der Waals surface area contributed by atoms with Gasteiger partial charge < -0.3 is 15.0 Å². The van der Waals surface area contributed by atoms with Crippen molar-refractivity contribution in [2.24, 2.45) is 0 Å². The van der Waals surface area contributed by atoms with Crippen LogP contribution >= 0.6 is 24.8 Å². The van der Waals surface area contributed by atoms with E-state index in [1.807, 2.05) is 43.3 Å². The van der Waals surface area contributed by atoms with Gasteiger partial charge in [-0.25, -0.2) is 8.78 Å². The van der Waals surface area contributed by atoms with E-state index in [1.54, 1.807) is 0 Å². The average Bonchev–Trinajstić information content (AvgIpc) is 2.86. The molecule has 0 bridgehead atoms. The van der Waals surface area contributed by atoms with E-state index in [0.717, 1.165) is 17.9 Å². The summed E-state index contributed by atoms with van der Waals surface area (Å²) in [5.74, 6) is -2.43. The van der Waals surface area contributed by atoms with Gasteiger partial charge in [-0.1, -0.05) is 12.1 Å². The van der Waals surface area contributed by atoms with Crippen molar-refractivity contribution in [2.75, 3.05) is 33.8 Å². The summed E-state index contributed by atoms with van der Waals surface area (Å²) in [5.41, 5.74) is 0.892. The van der Waals surface area contributed by atoms with Crippen LogP contribution in [0.5, 0.6) is 5.75 Å². The third kappa shape index (κ3) is 8.18. The molecule has 0 aliphatic carbocycles. The molecule has 1 aliphatic heterocycles. The quantitative estimate of drug-likeness (QED) is 0.736. The van der Waals surface area contributed by atoms with Gasteiger partial charge in [0.15, 0.2) is 0 Å². The molecule has 0 aromatic heterocycles. The second-order valence-corrected chi connectivity index (χ2v) is 6.01. The highest BCUT2D eigenvalue weighted by Gasteiger charge is 2.42. The lowest BCUT2D eigenvalue weighted by atomic mass is 10.1. The topological polar surface area (TPSA) is 53.6 Å². The number of amides is 1. The van der Waals surface area contributed by atoms with Crippen molar-refractivity contribution in [3.05, 3.63) is 29.8 Å². The van der Waals surface area contributed by atoms with Crippen molar-refractivity contribution in [2.45, 2.75) is 24.9 Å². The number of hydrogen-bond acceptors (Lipinski definition) is 4. The lowest BCUT2D eigenvalue weighted by Crippen LogP contribution is -2.40. The van der Waals surface area contributed by atoms with Crippen molar-refractivity contribution in [3.63, 3.8) is 0 Å². The molecule has 2 N–H and O–H groups in total. The molecule has 2 rings (SSSR count). The summed E-state index contributed by atoms with van der Waals surface area (Å²) in [4.78, 5) is 13.9. The van der Waals surface area contributed by atoms with E-state index in [4.69, 9.17) is 4.74 Å². The van der Waals surface area contributed by atoms with Gasteiger partial charge in [0.1, 0.15) is 12.4 Å². The fourth-order valence-electron chi connectivity index (χ4n) is 2.26. The van der Waals surface area contributed by atoms with Crippen LogP contribution in [0.15, 0.2) is 24.3 Å². The maximum absolute atomic E-state index is 13.1. The number of rotatable bonds is 7. The van der Waals surface area contributed by atoms with Crippen LogP contribution in [0.3, 0.4) is 0 Å². The van der Waals surface area contributed by atoms with Crippen molar-refractivity contribution in [3.8, 4) is 5.75 Å². The van der Waals surface area contributed by atoms with Gasteiger partial charge in [0.25, 0.3) is 5.92 Å². The van der Waals surface area contributed by atoms with Crippen LogP contribution in [-0.4, -0.2) is 56.6 Å². The minimum absolute atomic E-state index is 0. The minimum atomic E-state index is -2.80. The fourth-order valence-corrected chi connectivity index (χ4v) is 2.26. The Labute approximate surface area is 159 Å². The molecule has 1 fully saturated rings. The van der Waals surface area contributed by atoms with Crippen LogP contribution in [0.2, 0.25) is 0 Å². The number of alkyl halides is 2. The van der Waals surface area contributed by atoms with Crippen LogP contribution in [0, 0.1) is 0 Å². The number of likely N-dealkylation sites (N-methyl/N-ethyl adjacent to an activating group) is 1. The van der Waals surface area contributed by atoms with Crippen LogP contribution < -0.4 is 15.4 Å². The van der Waals surface area contributed by atoms with Gasteiger partial charge in [-0.2, -0.15) is 0 Å². The van der Waals surface area contributed by atoms with Crippen molar-refractivity contribution >= 4 is 30.7 Å². The summed E-state index contributed by atoms with van der Waals surface area (Å²) in [6.45, 7) is 1.30. The summed E-state index contributed by atoms with van der Waals surface area (Å²) in [6, 6.07) is 6.54. The highest BCUT2D eigenvalue weighted by molar-refractivity contribution is 5.85. The minimum Gasteiger partial charge on any atom is -0.492 e. The largest absolute Gasteiger partial charge is 0.492 e. The maximum atomic E-state index is 13.1. The Hall–Kier alpha value is -1.15. The van der Waals surface area contributed by atoms with E-state index >= 15 is 0 Å². The first kappa shape index (κ1) is 23.9. The molecule has 0 spiro atoms. The summed E-state index contributed by atoms with van der Waals surface area (Å²) in [5, 5.41) is 5.21. The van der Waals surface area contributed by atoms with Crippen LogP contribution in [0.1, 0.15) is 12.0 Å². The number of carbonyl (C=O) groups is 1. The normalized spacial score (nSPS) is 18.2. The number of benzene rings is 1. The number of carbonyl (C=O) groups excluding carboxylic acids is 1. The predicted molar refractivity (Wildman–Crippen MR) is 98.2 cm³/mol. The molecule has 9 heteroatoms. The lowest BCUT2D eigenvalue weighted by molar-refractivity contribution is -0.123. The van der Waals surface area contributed by atoms with E-state index in [1.165, 1.54) is 0 Å². The van der Waals surface area contributed by atoms with Gasteiger partial charge in [0.2, 0.25) is 5.91 Å². The van der Waals surface area contributed by atoms with Gasteiger partial charge >= 0.3 is 0 Å². The highest BCUT2D eigenvalue weighted by Crippen LogP contribution is 2.25. The molecule has 5 nitrogen and oxygen atoms in total. The maximum Gasteiger partial charge on any atom is 0.262 e. The summed E-state index contributed by atoms with van der Waals surface area (Å²) in [7, 11) is 3.95. The number of halogens is 4. The Morgan fingerprint density at radius 2 is 1.96 bits per heavy atom. The number of nitrogens with one attached hydrogen (secondary N) is 2. The van der Waals surface area contributed by atoms with Gasteiger partial charge in [-0.05, 0) is 31.8 Å². The lowest BCUT2D eigenvalue weighted by Gasteiger charge is -2.12. The molecule has 1 aromatic carbocycles. The molecule has 1 aliphatic rings. The smallest absolute Gasteiger partial charge is 0.262 e. The molecular weight excluding hydrogens is 375 g/mol. The van der Waals surface area contributed by atoms with Gasteiger partial charge in [-0.15, -0.1) is 24.8 Å². The predicted octanol–water partition coefficient (Wildman–Crippen LogP) is 2.08. The molecule has 1 heterocycles. The molecule has 1 unspecified atom stereocenters. The molecule has 1 aromatic rings. The Kier molecular flexibility index (Phi) is 10.3. The van der Waals surface area contributed by atoms with E-state index in [-0.39, 0.29) is 24.8 Å². The summed E-state index contributed by atoms with van der Waals surface area (Å²) < 4.78 is 31.7. The molecular formula is C16H25Cl2F2N3O2. The SMILES string of the molecule is CN(C)CCOc1ccc(CNC(=O)C2CC(F)(F)CN2)cc1.Cl.Cl. The highest BCUT2D eigenvalue weighted by atomic mass is 35.5. The molecule has 1 amide bonds. The van der Waals surface area contributed by atoms with Gasteiger partial charge in [0.05, 0.1) is 12.6 Å². The van der Waals surface area contributed by atoms with E-state index in [9.17, 15) is 13.6 Å². The Morgan fingerprint density at radius 3 is 2.48 bits per heavy atom. The Morgan fingerprint density at radius 1 is 1.32 bits per heavy atom. The molecule has 1 saturated heterocycles. The number of ether oxygens (including phenoxy) is 1. The summed E-state index contributed by atoms with van der Waals surface area (Å²) >= 11 is 0. The van der Waals surface area contributed by atoms with Crippen molar-refractivity contribution < 1.29 is 18.3 Å². The second-order valence-electron chi connectivity index (χ2n) is 6.01. The van der Waals surface area contributed by atoms with E-state index in [2.05, 4.69) is 10.6 Å². The van der Waals surface area contributed by atoms with E-state index in [0.29, 0.717) is 13.2 Å². The average molecular weight is 400 g/mol. The Balaban J connectivity index is 0.00000288. The van der Waals surface area contributed by atoms with Gasteiger partial charge in [-0.3, -0.25) is 10.1 Å². The van der Waals surface area contributed by atoms with Gasteiger partial charge in [0, 0.05) is 19.5 Å². The molecule has 0 radical (unpaired) electrons. The van der Waals surface area contributed by atoms with Crippen molar-refractivity contribution in [1.29, 1.82) is 0 Å². The first-order chi connectivity index (χ1) is 10.9. The summed E-state index contributed by atoms with van der Waals surface area (Å²) in [6.07, 6.45) is -0.447. The van der Waals surface area contributed by atoms with Crippen LogP contribution in [0.4, 0.5) is 8.78 Å². The zero-order valence-electron chi connectivity index (χ0n) is 14.3. The first-order valence-corrected chi connectivity index (χ1v) is 7.61. The first-order valence-electron chi connectivity index (χ1n) is 7.61. The second kappa shape index (κ2) is 10.8. The van der Waals surface area contributed by atoms with Crippen LogP contribution in [0.25, 0.3) is 0 Å². The zero-order chi connectivity index (χ0) is 16.9. The molecule has 0 saturated carbocycles. The monoisotopic (exact) mass is 399 g/mol. The standard InChI is InChI=1S/C16H23F2N3O2.2ClH/c1-21(2)7-8-23-13-5-3-12(4-6-13)10-19-15(22)14-9-16(17,18)11-20-14;;/h3-6,14,20H,7-11H2,1-2H3,(H,19,22);2*1H. The number of nitrogens with zero attached hydrogens (tertiary/aromatic N) is 1. The van der Waals surface area contributed by atoms with E-state index < -0.39 is 30.8 Å². The Bertz CT molecular complexity index is 531. The van der Waals surface area contributed by atoms with Crippen LogP contribution in [-0.2, 0) is 11.3 Å².